The molecule has 2 rings (SSSR count). The van der Waals surface area contributed by atoms with Crippen molar-refractivity contribution in [2.45, 2.75) is 26.0 Å². The molecule has 0 amide bonds. The largest absolute Gasteiger partial charge is 0.375 e. The van der Waals surface area contributed by atoms with Gasteiger partial charge in [0.05, 0.1) is 12.7 Å². The molecule has 0 aliphatic carbocycles. The van der Waals surface area contributed by atoms with Gasteiger partial charge in [0.2, 0.25) is 0 Å². The lowest BCUT2D eigenvalue weighted by atomic mass is 10.2. The number of halogens is 1. The van der Waals surface area contributed by atoms with E-state index < -0.39 is 10.2 Å². The number of ether oxygens (including phenoxy) is 1. The number of morpholine rings is 1. The molecule has 2 saturated heterocycles. The molecule has 8 heteroatoms. The predicted molar refractivity (Wildman–Crippen MR) is 72.2 cm³/mol. The molecule has 0 saturated carbocycles. The third kappa shape index (κ3) is 3.34. The van der Waals surface area contributed by atoms with E-state index in [2.05, 4.69) is 5.32 Å². The van der Waals surface area contributed by atoms with E-state index in [1.807, 2.05) is 13.8 Å². The highest BCUT2D eigenvalue weighted by Gasteiger charge is 2.37. The standard InChI is InChI=1S/C10H21N3O3S.ClH/c1-9-8-16-10(2)7-13(9)17(14,15)12-5-3-11-4-6-12;/h9-11H,3-8H2,1-2H3;1H. The number of rotatable bonds is 2. The minimum absolute atomic E-state index is 0. The van der Waals surface area contributed by atoms with Crippen molar-refractivity contribution in [2.24, 2.45) is 0 Å². The summed E-state index contributed by atoms with van der Waals surface area (Å²) in [6.45, 7) is 7.31. The molecule has 2 aliphatic heterocycles. The maximum atomic E-state index is 12.5. The summed E-state index contributed by atoms with van der Waals surface area (Å²) < 4.78 is 33.5. The zero-order chi connectivity index (χ0) is 12.5. The molecule has 0 spiro atoms. The molecule has 0 aromatic rings. The summed E-state index contributed by atoms with van der Waals surface area (Å²) in [5.41, 5.74) is 0. The summed E-state index contributed by atoms with van der Waals surface area (Å²) >= 11 is 0. The molecule has 6 nitrogen and oxygen atoms in total. The van der Waals surface area contributed by atoms with Crippen LogP contribution < -0.4 is 5.32 Å². The van der Waals surface area contributed by atoms with E-state index >= 15 is 0 Å². The fraction of sp³-hybridized carbons (Fsp3) is 1.00. The van der Waals surface area contributed by atoms with Crippen LogP contribution in [-0.2, 0) is 14.9 Å². The van der Waals surface area contributed by atoms with E-state index in [4.69, 9.17) is 4.74 Å². The molecule has 2 atom stereocenters. The van der Waals surface area contributed by atoms with E-state index in [0.717, 1.165) is 13.1 Å². The monoisotopic (exact) mass is 299 g/mol. The van der Waals surface area contributed by atoms with Gasteiger partial charge in [-0.2, -0.15) is 17.0 Å². The molecule has 0 bridgehead atoms. The normalized spacial score (nSPS) is 31.9. The molecule has 2 unspecified atom stereocenters. The third-order valence-corrected chi connectivity index (χ3v) is 5.37. The maximum absolute atomic E-state index is 12.5. The van der Waals surface area contributed by atoms with Crippen LogP contribution in [0.15, 0.2) is 0 Å². The molecule has 2 aliphatic rings. The summed E-state index contributed by atoms with van der Waals surface area (Å²) in [6.07, 6.45) is -0.0242. The lowest BCUT2D eigenvalue weighted by Crippen LogP contribution is -2.57. The van der Waals surface area contributed by atoms with Gasteiger partial charge in [-0.25, -0.2) is 0 Å². The third-order valence-electron chi connectivity index (χ3n) is 3.25. The second-order valence-electron chi connectivity index (χ2n) is 4.72. The van der Waals surface area contributed by atoms with Crippen LogP contribution in [0.25, 0.3) is 0 Å². The fourth-order valence-corrected chi connectivity index (χ4v) is 4.07. The van der Waals surface area contributed by atoms with Crippen molar-refractivity contribution < 1.29 is 13.2 Å². The van der Waals surface area contributed by atoms with Crippen LogP contribution in [0.2, 0.25) is 0 Å². The molecular formula is C10H22ClN3O3S. The second-order valence-corrected chi connectivity index (χ2v) is 6.60. The van der Waals surface area contributed by atoms with Gasteiger partial charge in [0.15, 0.2) is 0 Å². The van der Waals surface area contributed by atoms with Gasteiger partial charge in [0, 0.05) is 38.8 Å². The van der Waals surface area contributed by atoms with Crippen LogP contribution in [-0.4, -0.2) is 68.5 Å². The Bertz CT molecular complexity index is 359. The van der Waals surface area contributed by atoms with Crippen LogP contribution in [0.3, 0.4) is 0 Å². The van der Waals surface area contributed by atoms with Crippen molar-refractivity contribution in [3.05, 3.63) is 0 Å². The van der Waals surface area contributed by atoms with Gasteiger partial charge in [-0.15, -0.1) is 12.4 Å². The predicted octanol–water partition coefficient (Wildman–Crippen LogP) is -0.333. The number of nitrogens with zero attached hydrogens (tertiary/aromatic N) is 2. The summed E-state index contributed by atoms with van der Waals surface area (Å²) in [4.78, 5) is 0. The van der Waals surface area contributed by atoms with Crippen molar-refractivity contribution in [2.75, 3.05) is 39.3 Å². The van der Waals surface area contributed by atoms with E-state index in [1.54, 1.807) is 8.61 Å². The van der Waals surface area contributed by atoms with E-state index in [9.17, 15) is 8.42 Å². The molecule has 2 heterocycles. The maximum Gasteiger partial charge on any atom is 0.282 e. The average molecular weight is 300 g/mol. The fourth-order valence-electron chi connectivity index (χ4n) is 2.22. The van der Waals surface area contributed by atoms with E-state index in [1.165, 1.54) is 0 Å². The highest BCUT2D eigenvalue weighted by Crippen LogP contribution is 2.19. The Morgan fingerprint density at radius 1 is 1.22 bits per heavy atom. The highest BCUT2D eigenvalue weighted by molar-refractivity contribution is 7.86. The number of nitrogens with one attached hydrogen (secondary N) is 1. The van der Waals surface area contributed by atoms with Crippen molar-refractivity contribution in [3.8, 4) is 0 Å². The number of piperazine rings is 1. The molecule has 108 valence electrons. The first-order chi connectivity index (χ1) is 8.01. The van der Waals surface area contributed by atoms with Crippen LogP contribution >= 0.6 is 12.4 Å². The number of hydrogen-bond donors (Lipinski definition) is 1. The topological polar surface area (TPSA) is 61.9 Å². The quantitative estimate of drug-likeness (QED) is 0.758. The summed E-state index contributed by atoms with van der Waals surface area (Å²) in [6, 6.07) is -0.0777. The van der Waals surface area contributed by atoms with Crippen LogP contribution in [0.4, 0.5) is 0 Å². The SMILES string of the molecule is CC1CN(S(=O)(=O)N2CCNCC2)C(C)CO1.Cl. The van der Waals surface area contributed by atoms with Crippen LogP contribution in [0.1, 0.15) is 13.8 Å². The average Bonchev–Trinajstić information content (AvgIpc) is 2.33. The van der Waals surface area contributed by atoms with E-state index in [0.29, 0.717) is 26.2 Å². The Hall–Kier alpha value is 0.0800. The lowest BCUT2D eigenvalue weighted by molar-refractivity contribution is -0.0191. The zero-order valence-electron chi connectivity index (χ0n) is 10.8. The van der Waals surface area contributed by atoms with Gasteiger partial charge in [-0.05, 0) is 13.8 Å². The van der Waals surface area contributed by atoms with Gasteiger partial charge in [-0.1, -0.05) is 0 Å². The Morgan fingerprint density at radius 3 is 2.44 bits per heavy atom. The van der Waals surface area contributed by atoms with Crippen molar-refractivity contribution >= 4 is 22.6 Å². The summed E-state index contributed by atoms with van der Waals surface area (Å²) in [5.74, 6) is 0. The molecule has 2 fully saturated rings. The van der Waals surface area contributed by atoms with Gasteiger partial charge < -0.3 is 10.1 Å². The van der Waals surface area contributed by atoms with Gasteiger partial charge in [0.25, 0.3) is 10.2 Å². The molecule has 0 radical (unpaired) electrons. The van der Waals surface area contributed by atoms with Crippen molar-refractivity contribution in [3.63, 3.8) is 0 Å². The minimum atomic E-state index is -3.32. The molecule has 0 aromatic carbocycles. The number of hydrogen-bond acceptors (Lipinski definition) is 4. The molecule has 0 aromatic heterocycles. The Kier molecular flexibility index (Phi) is 5.82. The minimum Gasteiger partial charge on any atom is -0.375 e. The molecular weight excluding hydrogens is 278 g/mol. The molecule has 18 heavy (non-hydrogen) atoms. The first-order valence-corrected chi connectivity index (χ1v) is 7.51. The first-order valence-electron chi connectivity index (χ1n) is 6.11. The van der Waals surface area contributed by atoms with Gasteiger partial charge in [-0.3, -0.25) is 0 Å². The Morgan fingerprint density at radius 2 is 1.83 bits per heavy atom. The van der Waals surface area contributed by atoms with Crippen molar-refractivity contribution in [1.82, 2.24) is 13.9 Å². The van der Waals surface area contributed by atoms with Gasteiger partial charge in [0.1, 0.15) is 0 Å². The summed E-state index contributed by atoms with van der Waals surface area (Å²) in [5, 5.41) is 3.16. The summed E-state index contributed by atoms with van der Waals surface area (Å²) in [7, 11) is -3.32. The highest BCUT2D eigenvalue weighted by atomic mass is 35.5. The van der Waals surface area contributed by atoms with Gasteiger partial charge >= 0.3 is 0 Å². The Balaban J connectivity index is 0.00000162. The zero-order valence-corrected chi connectivity index (χ0v) is 12.5. The Labute approximate surface area is 115 Å². The molecule has 1 N–H and O–H groups in total. The van der Waals surface area contributed by atoms with E-state index in [-0.39, 0.29) is 24.6 Å². The van der Waals surface area contributed by atoms with Crippen LogP contribution in [0.5, 0.6) is 0 Å². The van der Waals surface area contributed by atoms with Crippen molar-refractivity contribution in [1.29, 1.82) is 0 Å². The smallest absolute Gasteiger partial charge is 0.282 e. The first kappa shape index (κ1) is 16.1. The lowest BCUT2D eigenvalue weighted by Gasteiger charge is -2.39. The van der Waals surface area contributed by atoms with Crippen LogP contribution in [0, 0.1) is 0 Å². The second kappa shape index (κ2) is 6.49.